The van der Waals surface area contributed by atoms with Crippen molar-refractivity contribution in [3.8, 4) is 0 Å². The normalized spacial score (nSPS) is 13.9. The number of rotatable bonds is 4. The summed E-state index contributed by atoms with van der Waals surface area (Å²) in [5, 5.41) is 0. The summed E-state index contributed by atoms with van der Waals surface area (Å²) in [6.07, 6.45) is -9.09. The molecule has 0 unspecified atom stereocenters. The number of benzene rings is 1. The number of allylic oxidation sites excluding steroid dienone is 4. The Bertz CT molecular complexity index is 520. The van der Waals surface area contributed by atoms with E-state index >= 15 is 0 Å². The Morgan fingerprint density at radius 2 is 1.33 bits per heavy atom. The van der Waals surface area contributed by atoms with Gasteiger partial charge in [0.25, 0.3) is 0 Å². The van der Waals surface area contributed by atoms with Crippen LogP contribution in [0.4, 0.5) is 26.3 Å². The fourth-order valence-electron chi connectivity index (χ4n) is 2.14. The number of alkyl halides is 6. The molecule has 0 saturated carbocycles. The molecule has 0 spiro atoms. The maximum absolute atomic E-state index is 13.5. The van der Waals surface area contributed by atoms with Crippen molar-refractivity contribution in [2.24, 2.45) is 0 Å². The van der Waals surface area contributed by atoms with Crippen molar-refractivity contribution in [1.29, 1.82) is 0 Å². The van der Waals surface area contributed by atoms with E-state index in [4.69, 9.17) is 0 Å². The zero-order chi connectivity index (χ0) is 16.3. The van der Waals surface area contributed by atoms with Gasteiger partial charge in [-0.2, -0.15) is 26.3 Å². The number of hydrogen-bond acceptors (Lipinski definition) is 0. The molecule has 0 N–H and O–H groups in total. The Hall–Kier alpha value is -1.98. The highest BCUT2D eigenvalue weighted by atomic mass is 19.4. The highest BCUT2D eigenvalue weighted by molar-refractivity contribution is 5.47. The average Bonchev–Trinajstić information content (AvgIpc) is 2.36. The van der Waals surface area contributed by atoms with Crippen molar-refractivity contribution in [1.82, 2.24) is 0 Å². The Labute approximate surface area is 118 Å². The van der Waals surface area contributed by atoms with Crippen LogP contribution in [0.3, 0.4) is 0 Å². The van der Waals surface area contributed by atoms with Crippen LogP contribution in [0.15, 0.2) is 67.3 Å². The summed E-state index contributed by atoms with van der Waals surface area (Å²) in [5.74, 6) is 0. The van der Waals surface area contributed by atoms with Gasteiger partial charge in [-0.15, -0.1) is 0 Å². The van der Waals surface area contributed by atoms with Crippen LogP contribution in [0, 0.1) is 0 Å². The van der Waals surface area contributed by atoms with Crippen molar-refractivity contribution in [3.63, 3.8) is 0 Å². The minimum Gasteiger partial charge on any atom is -0.169 e. The molecule has 0 fully saturated rings. The molecule has 1 aromatic rings. The SMILES string of the molecule is C=C/C=C(\C=C)C(c1ccccc1)(C(F)(F)F)C(F)(F)F. The van der Waals surface area contributed by atoms with E-state index in [1.165, 1.54) is 6.07 Å². The van der Waals surface area contributed by atoms with Crippen LogP contribution < -0.4 is 0 Å². The van der Waals surface area contributed by atoms with Crippen molar-refractivity contribution >= 4 is 0 Å². The summed E-state index contributed by atoms with van der Waals surface area (Å²) < 4.78 is 80.8. The summed E-state index contributed by atoms with van der Waals surface area (Å²) in [7, 11) is 0. The summed E-state index contributed by atoms with van der Waals surface area (Å²) in [6, 6.07) is 5.17. The van der Waals surface area contributed by atoms with E-state index in [0.717, 1.165) is 30.3 Å². The first-order valence-corrected chi connectivity index (χ1v) is 5.77. The molecule has 0 aliphatic rings. The molecular formula is C15H12F6. The van der Waals surface area contributed by atoms with Gasteiger partial charge in [0.05, 0.1) is 0 Å². The van der Waals surface area contributed by atoms with E-state index in [-0.39, 0.29) is 0 Å². The smallest absolute Gasteiger partial charge is 0.169 e. The zero-order valence-corrected chi connectivity index (χ0v) is 10.8. The molecule has 1 rings (SSSR count). The monoisotopic (exact) mass is 306 g/mol. The van der Waals surface area contributed by atoms with Crippen LogP contribution in [-0.4, -0.2) is 12.4 Å². The molecule has 0 atom stereocenters. The molecular weight excluding hydrogens is 294 g/mol. The number of hydrogen-bond donors (Lipinski definition) is 0. The molecule has 0 heterocycles. The topological polar surface area (TPSA) is 0 Å². The zero-order valence-electron chi connectivity index (χ0n) is 10.8. The van der Waals surface area contributed by atoms with E-state index < -0.39 is 28.9 Å². The molecule has 0 amide bonds. The van der Waals surface area contributed by atoms with Crippen molar-refractivity contribution < 1.29 is 26.3 Å². The molecule has 0 aliphatic heterocycles. The van der Waals surface area contributed by atoms with Gasteiger partial charge in [0.15, 0.2) is 0 Å². The molecule has 1 aromatic carbocycles. The highest BCUT2D eigenvalue weighted by Gasteiger charge is 2.72. The summed E-state index contributed by atoms with van der Waals surface area (Å²) in [6.45, 7) is 6.24. The van der Waals surface area contributed by atoms with Gasteiger partial charge in [-0.25, -0.2) is 0 Å². The quantitative estimate of drug-likeness (QED) is 0.520. The van der Waals surface area contributed by atoms with E-state index in [0.29, 0.717) is 12.2 Å². The third kappa shape index (κ3) is 2.75. The van der Waals surface area contributed by atoms with Crippen LogP contribution >= 0.6 is 0 Å². The lowest BCUT2D eigenvalue weighted by Gasteiger charge is -2.38. The minimum atomic E-state index is -5.59. The van der Waals surface area contributed by atoms with Gasteiger partial charge in [-0.3, -0.25) is 0 Å². The number of halogens is 6. The van der Waals surface area contributed by atoms with Gasteiger partial charge in [0, 0.05) is 0 Å². The van der Waals surface area contributed by atoms with E-state index in [1.54, 1.807) is 0 Å². The van der Waals surface area contributed by atoms with Crippen molar-refractivity contribution in [2.75, 3.05) is 0 Å². The molecule has 21 heavy (non-hydrogen) atoms. The van der Waals surface area contributed by atoms with Gasteiger partial charge in [-0.05, 0) is 11.1 Å². The van der Waals surface area contributed by atoms with Crippen LogP contribution in [-0.2, 0) is 5.41 Å². The second-order valence-electron chi connectivity index (χ2n) is 4.17. The molecule has 0 radical (unpaired) electrons. The standard InChI is InChI=1S/C15H12F6/c1-3-8-11(4-2)13(14(16,17)18,15(19,20)21)12-9-6-5-7-10-12/h3-10H,1-2H2/b11-8+. The Balaban J connectivity index is 3.89. The van der Waals surface area contributed by atoms with Crippen molar-refractivity contribution in [3.05, 3.63) is 72.9 Å². The van der Waals surface area contributed by atoms with E-state index in [9.17, 15) is 26.3 Å². The van der Waals surface area contributed by atoms with Gasteiger partial charge in [0.2, 0.25) is 5.41 Å². The third-order valence-corrected chi connectivity index (χ3v) is 3.01. The largest absolute Gasteiger partial charge is 0.411 e. The molecule has 0 bridgehead atoms. The van der Waals surface area contributed by atoms with Crippen LogP contribution in [0.5, 0.6) is 0 Å². The molecule has 0 aliphatic carbocycles. The summed E-state index contributed by atoms with van der Waals surface area (Å²) in [5.41, 5.74) is -6.08. The van der Waals surface area contributed by atoms with Gasteiger partial charge in [-0.1, -0.05) is 61.7 Å². The van der Waals surface area contributed by atoms with Crippen LogP contribution in [0.1, 0.15) is 5.56 Å². The van der Waals surface area contributed by atoms with Crippen LogP contribution in [0.2, 0.25) is 0 Å². The Morgan fingerprint density at radius 3 is 1.67 bits per heavy atom. The summed E-state index contributed by atoms with van der Waals surface area (Å²) >= 11 is 0. The van der Waals surface area contributed by atoms with E-state index in [2.05, 4.69) is 13.2 Å². The van der Waals surface area contributed by atoms with Gasteiger partial charge < -0.3 is 0 Å². The van der Waals surface area contributed by atoms with Crippen molar-refractivity contribution in [2.45, 2.75) is 17.8 Å². The predicted molar refractivity (Wildman–Crippen MR) is 68.7 cm³/mol. The highest BCUT2D eigenvalue weighted by Crippen LogP contribution is 2.56. The molecule has 0 nitrogen and oxygen atoms in total. The predicted octanol–water partition coefficient (Wildman–Crippen LogP) is 5.35. The second-order valence-corrected chi connectivity index (χ2v) is 4.17. The first-order chi connectivity index (χ1) is 9.62. The molecule has 0 aromatic heterocycles. The maximum atomic E-state index is 13.5. The average molecular weight is 306 g/mol. The first kappa shape index (κ1) is 17.1. The fraction of sp³-hybridized carbons (Fsp3) is 0.200. The lowest BCUT2D eigenvalue weighted by molar-refractivity contribution is -0.288. The molecule has 114 valence electrons. The van der Waals surface area contributed by atoms with Gasteiger partial charge >= 0.3 is 12.4 Å². The molecule has 6 heteroatoms. The lowest BCUT2D eigenvalue weighted by Crippen LogP contribution is -2.55. The van der Waals surface area contributed by atoms with E-state index in [1.807, 2.05) is 0 Å². The third-order valence-electron chi connectivity index (χ3n) is 3.01. The summed E-state index contributed by atoms with van der Waals surface area (Å²) in [4.78, 5) is 0. The minimum absolute atomic E-state index is 0.551. The Morgan fingerprint density at radius 1 is 0.857 bits per heavy atom. The maximum Gasteiger partial charge on any atom is 0.411 e. The first-order valence-electron chi connectivity index (χ1n) is 5.77. The second kappa shape index (κ2) is 5.79. The molecule has 0 saturated heterocycles. The van der Waals surface area contributed by atoms with Gasteiger partial charge in [0.1, 0.15) is 0 Å². The van der Waals surface area contributed by atoms with Crippen LogP contribution in [0.25, 0.3) is 0 Å². The Kier molecular flexibility index (Phi) is 4.71. The lowest BCUT2D eigenvalue weighted by atomic mass is 9.72. The fourth-order valence-corrected chi connectivity index (χ4v) is 2.14.